The fourth-order valence-electron chi connectivity index (χ4n) is 4.59. The minimum absolute atomic E-state index is 0.159. The summed E-state index contributed by atoms with van der Waals surface area (Å²) in [5.41, 5.74) is 2.26. The fourth-order valence-corrected chi connectivity index (χ4v) is 9.80. The van der Waals surface area contributed by atoms with Crippen molar-refractivity contribution in [2.45, 2.75) is 78.4 Å². The topological polar surface area (TPSA) is 43.4 Å². The van der Waals surface area contributed by atoms with Crippen molar-refractivity contribution in [3.63, 3.8) is 0 Å². The summed E-state index contributed by atoms with van der Waals surface area (Å²) < 4.78 is 34.0. The van der Waals surface area contributed by atoms with E-state index in [2.05, 4.69) is 31.2 Å². The van der Waals surface area contributed by atoms with E-state index in [1.165, 1.54) is 37.7 Å². The molecule has 4 aromatic rings. The highest BCUT2D eigenvalue weighted by atomic mass is 32.3. The van der Waals surface area contributed by atoms with Crippen LogP contribution in [0.2, 0.25) is 0 Å². The van der Waals surface area contributed by atoms with Crippen molar-refractivity contribution < 1.29 is 12.0 Å². The molecule has 0 heterocycles. The molecule has 0 radical (unpaired) electrons. The SMILES string of the molecule is CCCCCCCCc1ccc(S(OS(=O)(=O)c2ccc(C)cc2)(c2ccccc2)c2ccccc2)cc1. The van der Waals surface area contributed by atoms with Crippen LogP contribution in [-0.2, 0) is 20.2 Å². The Morgan fingerprint density at radius 3 is 1.58 bits per heavy atom. The number of hydrogen-bond donors (Lipinski definition) is 0. The zero-order chi connectivity index (χ0) is 26.8. The van der Waals surface area contributed by atoms with Crippen molar-refractivity contribution in [3.8, 4) is 0 Å². The summed E-state index contributed by atoms with van der Waals surface area (Å²) in [5.74, 6) is 0. The van der Waals surface area contributed by atoms with E-state index in [1.54, 1.807) is 24.3 Å². The Kier molecular flexibility index (Phi) is 9.84. The molecule has 0 aliphatic carbocycles. The van der Waals surface area contributed by atoms with Crippen molar-refractivity contribution >= 4 is 20.4 Å². The molecule has 4 aromatic carbocycles. The Balaban J connectivity index is 1.75. The maximum absolute atomic E-state index is 13.8. The third kappa shape index (κ3) is 6.76. The van der Waals surface area contributed by atoms with Crippen LogP contribution in [0, 0.1) is 6.92 Å². The van der Waals surface area contributed by atoms with Crippen LogP contribution in [0.4, 0.5) is 0 Å². The highest BCUT2D eigenvalue weighted by Gasteiger charge is 2.38. The van der Waals surface area contributed by atoms with E-state index in [0.29, 0.717) is 0 Å². The van der Waals surface area contributed by atoms with E-state index >= 15 is 0 Å². The maximum atomic E-state index is 13.8. The van der Waals surface area contributed by atoms with Gasteiger partial charge in [-0.25, -0.2) is 3.63 Å². The average Bonchev–Trinajstić information content (AvgIpc) is 2.95. The van der Waals surface area contributed by atoms with Gasteiger partial charge in [0, 0.05) is 14.7 Å². The van der Waals surface area contributed by atoms with Gasteiger partial charge >= 0.3 is 10.1 Å². The lowest BCUT2D eigenvalue weighted by atomic mass is 10.1. The summed E-state index contributed by atoms with van der Waals surface area (Å²) in [5, 5.41) is 0. The molecule has 0 atom stereocenters. The number of rotatable bonds is 13. The van der Waals surface area contributed by atoms with Crippen LogP contribution in [0.5, 0.6) is 0 Å². The van der Waals surface area contributed by atoms with E-state index in [9.17, 15) is 8.42 Å². The largest absolute Gasteiger partial charge is 0.307 e. The minimum atomic E-state index is -4.08. The first-order chi connectivity index (χ1) is 18.5. The molecule has 4 rings (SSSR count). The first-order valence-corrected chi connectivity index (χ1v) is 16.5. The second-order valence-electron chi connectivity index (χ2n) is 9.68. The van der Waals surface area contributed by atoms with Crippen LogP contribution in [0.25, 0.3) is 0 Å². The molecule has 38 heavy (non-hydrogen) atoms. The van der Waals surface area contributed by atoms with E-state index < -0.39 is 20.4 Å². The number of aryl methyl sites for hydroxylation is 2. The van der Waals surface area contributed by atoms with Gasteiger partial charge in [-0.05, 0) is 84.2 Å². The number of unbranched alkanes of at least 4 members (excludes halogenated alkanes) is 5. The zero-order valence-corrected chi connectivity index (χ0v) is 24.0. The summed E-state index contributed by atoms with van der Waals surface area (Å²) in [6, 6.07) is 34.8. The first-order valence-electron chi connectivity index (χ1n) is 13.5. The van der Waals surface area contributed by atoms with Gasteiger partial charge in [0.1, 0.15) is 0 Å². The Morgan fingerprint density at radius 1 is 0.553 bits per heavy atom. The lowest BCUT2D eigenvalue weighted by Crippen LogP contribution is -2.14. The van der Waals surface area contributed by atoms with E-state index in [1.807, 2.05) is 67.6 Å². The molecule has 0 N–H and O–H groups in total. The Morgan fingerprint density at radius 2 is 1.03 bits per heavy atom. The van der Waals surface area contributed by atoms with Crippen LogP contribution in [0.1, 0.15) is 56.6 Å². The van der Waals surface area contributed by atoms with Crippen molar-refractivity contribution in [2.75, 3.05) is 0 Å². The van der Waals surface area contributed by atoms with Gasteiger partial charge in [0.15, 0.2) is 0 Å². The van der Waals surface area contributed by atoms with Gasteiger partial charge in [0.25, 0.3) is 0 Å². The molecule has 0 unspecified atom stereocenters. The predicted molar refractivity (Wildman–Crippen MR) is 158 cm³/mol. The van der Waals surface area contributed by atoms with Gasteiger partial charge in [-0.3, -0.25) is 0 Å². The van der Waals surface area contributed by atoms with Crippen molar-refractivity contribution in [1.82, 2.24) is 0 Å². The summed E-state index contributed by atoms with van der Waals surface area (Å²) in [6.07, 6.45) is 8.59. The molecule has 0 saturated heterocycles. The third-order valence-electron chi connectivity index (χ3n) is 6.73. The second kappa shape index (κ2) is 13.3. The molecule has 0 fully saturated rings. The molecule has 5 heteroatoms. The van der Waals surface area contributed by atoms with Gasteiger partial charge in [0.05, 0.1) is 4.90 Å². The molecule has 0 aromatic heterocycles. The molecule has 0 bridgehead atoms. The average molecular weight is 547 g/mol. The second-order valence-corrected chi connectivity index (χ2v) is 14.1. The standard InChI is InChI=1S/C33H38O3S2/c1-3-4-5-6-7-10-15-29-22-26-32(27-23-29)37(30-16-11-8-12-17-30,31-18-13-9-14-19-31)36-38(34,35)33-24-20-28(2)21-25-33/h8-9,11-14,16-27H,3-7,10,15H2,1-2H3. The van der Waals surface area contributed by atoms with Crippen molar-refractivity contribution in [2.24, 2.45) is 0 Å². The predicted octanol–water partition coefficient (Wildman–Crippen LogP) is 9.50. The summed E-state index contributed by atoms with van der Waals surface area (Å²) in [4.78, 5) is 2.69. The summed E-state index contributed by atoms with van der Waals surface area (Å²) in [6.45, 7) is 4.18. The number of hydrogen-bond acceptors (Lipinski definition) is 3. The molecule has 0 saturated carbocycles. The molecule has 0 amide bonds. The van der Waals surface area contributed by atoms with Gasteiger partial charge in [-0.15, -0.1) is 0 Å². The summed E-state index contributed by atoms with van der Waals surface area (Å²) >= 11 is 0. The minimum Gasteiger partial charge on any atom is -0.203 e. The fraction of sp³-hybridized carbons (Fsp3) is 0.273. The molecule has 0 aliphatic rings. The van der Waals surface area contributed by atoms with Gasteiger partial charge in [-0.2, -0.15) is 8.42 Å². The molecule has 3 nitrogen and oxygen atoms in total. The molecule has 0 spiro atoms. The van der Waals surface area contributed by atoms with Crippen molar-refractivity contribution in [1.29, 1.82) is 0 Å². The Labute approximate surface area is 230 Å². The van der Waals surface area contributed by atoms with Crippen LogP contribution in [0.15, 0.2) is 129 Å². The Hall–Kier alpha value is -2.86. The number of benzene rings is 4. The lowest BCUT2D eigenvalue weighted by molar-refractivity contribution is 0.508. The summed E-state index contributed by atoms with van der Waals surface area (Å²) in [7, 11) is -6.67. The normalized spacial score (nSPS) is 12.4. The van der Waals surface area contributed by atoms with E-state index in [0.717, 1.165) is 33.1 Å². The van der Waals surface area contributed by atoms with Crippen LogP contribution in [-0.4, -0.2) is 8.42 Å². The van der Waals surface area contributed by atoms with Gasteiger partial charge < -0.3 is 0 Å². The highest BCUT2D eigenvalue weighted by molar-refractivity contribution is 8.33. The molecular formula is C33H38O3S2. The monoisotopic (exact) mass is 546 g/mol. The first kappa shape index (κ1) is 28.2. The quantitative estimate of drug-likeness (QED) is 0.157. The van der Waals surface area contributed by atoms with E-state index in [4.69, 9.17) is 3.63 Å². The molecule has 0 aliphatic heterocycles. The Bertz CT molecular complexity index is 1330. The smallest absolute Gasteiger partial charge is 0.203 e. The van der Waals surface area contributed by atoms with Gasteiger partial charge in [0.2, 0.25) is 0 Å². The van der Waals surface area contributed by atoms with Crippen molar-refractivity contribution in [3.05, 3.63) is 120 Å². The van der Waals surface area contributed by atoms with Crippen LogP contribution < -0.4 is 0 Å². The highest BCUT2D eigenvalue weighted by Crippen LogP contribution is 2.70. The van der Waals surface area contributed by atoms with Crippen LogP contribution in [0.3, 0.4) is 0 Å². The third-order valence-corrected chi connectivity index (χ3v) is 11.9. The molecule has 200 valence electrons. The van der Waals surface area contributed by atoms with E-state index in [-0.39, 0.29) is 4.90 Å². The van der Waals surface area contributed by atoms with Crippen LogP contribution >= 0.6 is 10.3 Å². The van der Waals surface area contributed by atoms with Gasteiger partial charge in [-0.1, -0.05) is 105 Å². The molecular weight excluding hydrogens is 508 g/mol. The maximum Gasteiger partial charge on any atom is 0.307 e. The lowest BCUT2D eigenvalue weighted by Gasteiger charge is -2.39. The zero-order valence-electron chi connectivity index (χ0n) is 22.4.